The van der Waals surface area contributed by atoms with Gasteiger partial charge >= 0.3 is 0 Å². The van der Waals surface area contributed by atoms with Crippen molar-refractivity contribution in [1.29, 1.82) is 0 Å². The maximum Gasteiger partial charge on any atom is 0.270 e. The number of amides is 1. The molecule has 0 saturated heterocycles. The van der Waals surface area contributed by atoms with Crippen LogP contribution in [0, 0.1) is 0 Å². The summed E-state index contributed by atoms with van der Waals surface area (Å²) in [6.45, 7) is 1.61. The van der Waals surface area contributed by atoms with Crippen molar-refractivity contribution < 1.29 is 14.3 Å². The van der Waals surface area contributed by atoms with Crippen molar-refractivity contribution in [2.75, 3.05) is 39.2 Å². The zero-order chi connectivity index (χ0) is 17.2. The lowest BCUT2D eigenvalue weighted by Crippen LogP contribution is -2.27. The van der Waals surface area contributed by atoms with Gasteiger partial charge in [-0.3, -0.25) is 4.79 Å². The Hall–Kier alpha value is -2.67. The number of methoxy groups -OCH3 is 2. The van der Waals surface area contributed by atoms with Gasteiger partial charge < -0.3 is 20.1 Å². The van der Waals surface area contributed by atoms with E-state index in [2.05, 4.69) is 20.6 Å². The lowest BCUT2D eigenvalue weighted by atomic mass is 10.1. The Morgan fingerprint density at radius 1 is 1.12 bits per heavy atom. The molecule has 0 fully saturated rings. The lowest BCUT2D eigenvalue weighted by molar-refractivity contribution is 0.0932. The minimum atomic E-state index is -0.243. The van der Waals surface area contributed by atoms with Gasteiger partial charge in [0.25, 0.3) is 5.91 Å². The van der Waals surface area contributed by atoms with Crippen molar-refractivity contribution in [3.05, 3.63) is 47.9 Å². The summed E-state index contributed by atoms with van der Waals surface area (Å²) >= 11 is 0. The van der Waals surface area contributed by atoms with Crippen LogP contribution in [0.15, 0.2) is 36.7 Å². The van der Waals surface area contributed by atoms with Crippen LogP contribution in [0.3, 0.4) is 0 Å². The summed E-state index contributed by atoms with van der Waals surface area (Å²) < 4.78 is 10.0. The molecule has 1 amide bonds. The molecular formula is C17H22N4O3. The standard InChI is InChI=1S/C17H22N4O3/c1-23-10-9-19-17(22)15-11-16(21-12-20-15)18-8-7-13-3-5-14(24-2)6-4-13/h3-6,11-12H,7-10H2,1-2H3,(H,19,22)(H,18,20,21). The number of aromatic nitrogens is 2. The molecule has 24 heavy (non-hydrogen) atoms. The fraction of sp³-hybridized carbons (Fsp3) is 0.353. The van der Waals surface area contributed by atoms with Gasteiger partial charge in [0.05, 0.1) is 13.7 Å². The molecule has 0 aliphatic rings. The molecule has 2 N–H and O–H groups in total. The van der Waals surface area contributed by atoms with Crippen molar-refractivity contribution in [2.45, 2.75) is 6.42 Å². The number of carbonyl (C=O) groups is 1. The summed E-state index contributed by atoms with van der Waals surface area (Å²) in [5, 5.41) is 5.92. The second kappa shape index (κ2) is 9.46. The number of nitrogens with one attached hydrogen (secondary N) is 2. The quantitative estimate of drug-likeness (QED) is 0.678. The van der Waals surface area contributed by atoms with E-state index in [1.54, 1.807) is 20.3 Å². The van der Waals surface area contributed by atoms with E-state index in [1.165, 1.54) is 11.9 Å². The normalized spacial score (nSPS) is 10.2. The number of hydrogen-bond acceptors (Lipinski definition) is 6. The Kier molecular flexibility index (Phi) is 6.97. The molecule has 7 heteroatoms. The first-order valence-corrected chi connectivity index (χ1v) is 7.69. The van der Waals surface area contributed by atoms with Crippen molar-refractivity contribution >= 4 is 11.7 Å². The van der Waals surface area contributed by atoms with Gasteiger partial charge in [0.15, 0.2) is 0 Å². The molecular weight excluding hydrogens is 308 g/mol. The van der Waals surface area contributed by atoms with E-state index in [0.717, 1.165) is 12.2 Å². The molecule has 0 unspecified atom stereocenters. The van der Waals surface area contributed by atoms with Crippen molar-refractivity contribution in [3.8, 4) is 5.75 Å². The van der Waals surface area contributed by atoms with Crippen LogP contribution in [0.1, 0.15) is 16.1 Å². The van der Waals surface area contributed by atoms with Gasteiger partial charge in [0.1, 0.15) is 23.6 Å². The molecule has 0 saturated carbocycles. The molecule has 0 atom stereocenters. The van der Waals surface area contributed by atoms with Gasteiger partial charge in [-0.05, 0) is 24.1 Å². The smallest absolute Gasteiger partial charge is 0.270 e. The minimum Gasteiger partial charge on any atom is -0.497 e. The highest BCUT2D eigenvalue weighted by Crippen LogP contribution is 2.12. The summed E-state index contributed by atoms with van der Waals surface area (Å²) in [6.07, 6.45) is 2.21. The Bertz CT molecular complexity index is 647. The van der Waals surface area contributed by atoms with Crippen LogP contribution in [0.25, 0.3) is 0 Å². The SMILES string of the molecule is COCCNC(=O)c1cc(NCCc2ccc(OC)cc2)ncn1. The Morgan fingerprint density at radius 3 is 2.62 bits per heavy atom. The van der Waals surface area contributed by atoms with E-state index < -0.39 is 0 Å². The van der Waals surface area contributed by atoms with Crippen molar-refractivity contribution in [1.82, 2.24) is 15.3 Å². The molecule has 0 radical (unpaired) electrons. The number of carbonyl (C=O) groups excluding carboxylic acids is 1. The van der Waals surface area contributed by atoms with E-state index in [0.29, 0.717) is 31.2 Å². The van der Waals surface area contributed by atoms with Crippen LogP contribution in [0.2, 0.25) is 0 Å². The number of anilines is 1. The molecule has 2 rings (SSSR count). The average molecular weight is 330 g/mol. The molecule has 2 aromatic rings. The number of benzene rings is 1. The second-order valence-corrected chi connectivity index (χ2v) is 5.06. The molecule has 0 spiro atoms. The molecule has 0 aliphatic carbocycles. The van der Waals surface area contributed by atoms with Crippen LogP contribution in [0.5, 0.6) is 5.75 Å². The number of nitrogens with zero attached hydrogens (tertiary/aromatic N) is 2. The van der Waals surface area contributed by atoms with Gasteiger partial charge in [-0.15, -0.1) is 0 Å². The average Bonchev–Trinajstić information content (AvgIpc) is 2.63. The summed E-state index contributed by atoms with van der Waals surface area (Å²) in [7, 11) is 3.23. The highest BCUT2D eigenvalue weighted by molar-refractivity contribution is 5.92. The number of ether oxygens (including phenoxy) is 2. The van der Waals surface area contributed by atoms with E-state index in [1.807, 2.05) is 24.3 Å². The first kappa shape index (κ1) is 17.7. The monoisotopic (exact) mass is 330 g/mol. The molecule has 1 heterocycles. The van der Waals surface area contributed by atoms with Crippen LogP contribution < -0.4 is 15.4 Å². The molecule has 1 aromatic heterocycles. The Balaban J connectivity index is 1.83. The van der Waals surface area contributed by atoms with Crippen LogP contribution in [-0.4, -0.2) is 49.8 Å². The Labute approximate surface area is 141 Å². The van der Waals surface area contributed by atoms with Gasteiger partial charge in [-0.25, -0.2) is 9.97 Å². The van der Waals surface area contributed by atoms with Gasteiger partial charge in [0, 0.05) is 26.3 Å². The molecule has 128 valence electrons. The van der Waals surface area contributed by atoms with Crippen LogP contribution in [-0.2, 0) is 11.2 Å². The number of rotatable bonds is 9. The first-order valence-electron chi connectivity index (χ1n) is 7.69. The largest absolute Gasteiger partial charge is 0.497 e. The third-order valence-electron chi connectivity index (χ3n) is 3.37. The first-order chi connectivity index (χ1) is 11.7. The fourth-order valence-corrected chi connectivity index (χ4v) is 2.06. The Morgan fingerprint density at radius 2 is 1.92 bits per heavy atom. The summed E-state index contributed by atoms with van der Waals surface area (Å²) in [6, 6.07) is 9.55. The molecule has 0 aliphatic heterocycles. The van der Waals surface area contributed by atoms with E-state index in [-0.39, 0.29) is 5.91 Å². The predicted octanol–water partition coefficient (Wildman–Crippen LogP) is 1.52. The van der Waals surface area contributed by atoms with Crippen LogP contribution in [0.4, 0.5) is 5.82 Å². The lowest BCUT2D eigenvalue weighted by Gasteiger charge is -2.08. The topological polar surface area (TPSA) is 85.4 Å². The fourth-order valence-electron chi connectivity index (χ4n) is 2.06. The van der Waals surface area contributed by atoms with E-state index in [4.69, 9.17) is 9.47 Å². The third-order valence-corrected chi connectivity index (χ3v) is 3.37. The summed E-state index contributed by atoms with van der Waals surface area (Å²) in [5.41, 5.74) is 1.52. The van der Waals surface area contributed by atoms with Crippen LogP contribution >= 0.6 is 0 Å². The zero-order valence-corrected chi connectivity index (χ0v) is 13.9. The predicted molar refractivity (Wildman–Crippen MR) is 91.4 cm³/mol. The zero-order valence-electron chi connectivity index (χ0n) is 13.9. The summed E-state index contributed by atoms with van der Waals surface area (Å²) in [5.74, 6) is 1.22. The summed E-state index contributed by atoms with van der Waals surface area (Å²) in [4.78, 5) is 20.0. The van der Waals surface area contributed by atoms with E-state index in [9.17, 15) is 4.79 Å². The second-order valence-electron chi connectivity index (χ2n) is 5.06. The molecule has 1 aromatic carbocycles. The maximum absolute atomic E-state index is 11.9. The van der Waals surface area contributed by atoms with Gasteiger partial charge in [-0.1, -0.05) is 12.1 Å². The highest BCUT2D eigenvalue weighted by Gasteiger charge is 2.07. The van der Waals surface area contributed by atoms with Gasteiger partial charge in [0.2, 0.25) is 0 Å². The minimum absolute atomic E-state index is 0.243. The molecule has 7 nitrogen and oxygen atoms in total. The van der Waals surface area contributed by atoms with Crippen molar-refractivity contribution in [2.24, 2.45) is 0 Å². The third kappa shape index (κ3) is 5.51. The highest BCUT2D eigenvalue weighted by atomic mass is 16.5. The van der Waals surface area contributed by atoms with E-state index >= 15 is 0 Å². The van der Waals surface area contributed by atoms with Crippen molar-refractivity contribution in [3.63, 3.8) is 0 Å². The maximum atomic E-state index is 11.9. The van der Waals surface area contributed by atoms with Gasteiger partial charge in [-0.2, -0.15) is 0 Å². The number of hydrogen-bond donors (Lipinski definition) is 2. The molecule has 0 bridgehead atoms.